The smallest absolute Gasteiger partial charge is 0.341 e. The molecule has 2 N–H and O–H groups in total. The van der Waals surface area contributed by atoms with Gasteiger partial charge < -0.3 is 15.4 Å². The van der Waals surface area contributed by atoms with E-state index in [0.29, 0.717) is 15.7 Å². The normalized spacial score (nSPS) is 34.1. The highest BCUT2D eigenvalue weighted by Crippen LogP contribution is 2.57. The minimum absolute atomic E-state index is 0.00938. The average Bonchev–Trinajstić information content (AvgIpc) is 3.22. The first-order valence-corrected chi connectivity index (χ1v) is 13.2. The average molecular weight is 476 g/mol. The van der Waals surface area contributed by atoms with Gasteiger partial charge in [-0.2, -0.15) is 0 Å². The highest BCUT2D eigenvalue weighted by molar-refractivity contribution is 8.15. The zero-order valence-corrected chi connectivity index (χ0v) is 20.1. The molecule has 2 heterocycles. The van der Waals surface area contributed by atoms with E-state index < -0.39 is 11.2 Å². The van der Waals surface area contributed by atoms with Crippen molar-refractivity contribution in [2.75, 3.05) is 11.9 Å². The van der Waals surface area contributed by atoms with Crippen LogP contribution >= 0.6 is 23.1 Å². The summed E-state index contributed by atoms with van der Waals surface area (Å²) >= 11 is 2.66. The van der Waals surface area contributed by atoms with Gasteiger partial charge in [0.05, 0.1) is 17.7 Å². The summed E-state index contributed by atoms with van der Waals surface area (Å²) in [6.07, 6.45) is 7.50. The molecule has 1 unspecified atom stereocenters. The van der Waals surface area contributed by atoms with Crippen molar-refractivity contribution in [2.24, 2.45) is 22.7 Å². The summed E-state index contributed by atoms with van der Waals surface area (Å²) < 4.78 is 5.10. The molecule has 4 saturated carbocycles. The van der Waals surface area contributed by atoms with E-state index in [2.05, 4.69) is 10.6 Å². The van der Waals surface area contributed by atoms with Crippen LogP contribution in [0.4, 0.5) is 5.00 Å². The molecule has 4 aliphatic carbocycles. The van der Waals surface area contributed by atoms with Crippen molar-refractivity contribution in [3.8, 4) is 0 Å². The summed E-state index contributed by atoms with van der Waals surface area (Å²) in [5.41, 5.74) is 1.14. The summed E-state index contributed by atoms with van der Waals surface area (Å²) in [6, 6.07) is 0. The Morgan fingerprint density at radius 1 is 1.22 bits per heavy atom. The number of rotatable bonds is 6. The summed E-state index contributed by atoms with van der Waals surface area (Å²) in [5, 5.41) is 8.18. The van der Waals surface area contributed by atoms with Gasteiger partial charge in [-0.25, -0.2) is 4.79 Å². The van der Waals surface area contributed by atoms with Gasteiger partial charge in [-0.3, -0.25) is 14.6 Å². The fraction of sp³-hybridized carbons (Fsp3) is 0.652. The number of carbonyl (C=O) groups is 3. The Morgan fingerprint density at radius 3 is 2.50 bits per heavy atom. The number of esters is 1. The number of hydrogen-bond acceptors (Lipinski definition) is 7. The van der Waals surface area contributed by atoms with Crippen LogP contribution < -0.4 is 10.6 Å². The van der Waals surface area contributed by atoms with Crippen molar-refractivity contribution >= 4 is 51.1 Å². The molecule has 1 atom stereocenters. The Hall–Kier alpha value is -1.87. The first-order valence-electron chi connectivity index (χ1n) is 11.5. The topological polar surface area (TPSA) is 96.9 Å². The molecule has 0 spiro atoms. The van der Waals surface area contributed by atoms with E-state index in [-0.39, 0.29) is 30.4 Å². The maximum absolute atomic E-state index is 12.7. The molecule has 1 aliphatic heterocycles. The summed E-state index contributed by atoms with van der Waals surface area (Å²) in [5.74, 6) is 1.47. The van der Waals surface area contributed by atoms with Gasteiger partial charge in [0, 0.05) is 6.42 Å². The molecular weight excluding hydrogens is 446 g/mol. The molecule has 7 nitrogen and oxygen atoms in total. The molecular formula is C23H29N3O4S2. The minimum Gasteiger partial charge on any atom is -0.462 e. The zero-order chi connectivity index (χ0) is 22.5. The number of anilines is 1. The SMILES string of the molecule is CCOC(=O)c1c(C)csc1NC(=O)CC1SC(=NC23CC4CC(CC(C4)C2)C3)NC1=O. The molecule has 4 bridgehead atoms. The minimum atomic E-state index is -0.505. The number of amides is 2. The Balaban J connectivity index is 1.23. The van der Waals surface area contributed by atoms with E-state index in [1.807, 2.05) is 12.3 Å². The van der Waals surface area contributed by atoms with Crippen LogP contribution in [-0.2, 0) is 14.3 Å². The lowest BCUT2D eigenvalue weighted by Crippen LogP contribution is -2.50. The second-order valence-electron chi connectivity index (χ2n) is 9.75. The van der Waals surface area contributed by atoms with Crippen molar-refractivity contribution in [1.82, 2.24) is 5.32 Å². The van der Waals surface area contributed by atoms with E-state index in [4.69, 9.17) is 9.73 Å². The van der Waals surface area contributed by atoms with Crippen LogP contribution in [0.1, 0.15) is 67.8 Å². The molecule has 172 valence electrons. The summed E-state index contributed by atoms with van der Waals surface area (Å²) in [4.78, 5) is 42.5. The van der Waals surface area contributed by atoms with Crippen molar-refractivity contribution in [3.05, 3.63) is 16.5 Å². The summed E-state index contributed by atoms with van der Waals surface area (Å²) in [6.45, 7) is 3.83. The zero-order valence-electron chi connectivity index (χ0n) is 18.4. The molecule has 6 rings (SSSR count). The Bertz CT molecular complexity index is 951. The van der Waals surface area contributed by atoms with E-state index in [0.717, 1.165) is 42.6 Å². The lowest BCUT2D eigenvalue weighted by molar-refractivity contribution is -0.122. The van der Waals surface area contributed by atoms with Crippen molar-refractivity contribution in [2.45, 2.75) is 69.6 Å². The molecule has 0 radical (unpaired) electrons. The second-order valence-corrected chi connectivity index (χ2v) is 11.8. The van der Waals surface area contributed by atoms with Gasteiger partial charge in [-0.05, 0) is 81.1 Å². The number of hydrogen-bond donors (Lipinski definition) is 2. The number of amidine groups is 1. The van der Waals surface area contributed by atoms with Crippen LogP contribution in [0.5, 0.6) is 0 Å². The summed E-state index contributed by atoms with van der Waals surface area (Å²) in [7, 11) is 0. The second kappa shape index (κ2) is 8.48. The van der Waals surface area contributed by atoms with Crippen molar-refractivity contribution in [3.63, 3.8) is 0 Å². The Labute approximate surface area is 196 Å². The van der Waals surface area contributed by atoms with Crippen LogP contribution in [0.3, 0.4) is 0 Å². The molecule has 1 saturated heterocycles. The monoisotopic (exact) mass is 475 g/mol. The van der Waals surface area contributed by atoms with Crippen LogP contribution in [0.25, 0.3) is 0 Å². The van der Waals surface area contributed by atoms with Gasteiger partial charge in [0.1, 0.15) is 10.3 Å². The third kappa shape index (κ3) is 4.21. The predicted octanol–water partition coefficient (Wildman–Crippen LogP) is 4.12. The highest BCUT2D eigenvalue weighted by atomic mass is 32.2. The van der Waals surface area contributed by atoms with Gasteiger partial charge in [-0.1, -0.05) is 11.8 Å². The number of carbonyl (C=O) groups excluding carboxylic acids is 3. The molecule has 2 amide bonds. The van der Waals surface area contributed by atoms with Crippen LogP contribution in [0, 0.1) is 24.7 Å². The lowest BCUT2D eigenvalue weighted by atomic mass is 9.53. The van der Waals surface area contributed by atoms with Crippen molar-refractivity contribution < 1.29 is 19.1 Å². The standard InChI is InChI=1S/C23H29N3O4S2/c1-3-30-21(29)18-12(2)11-31-20(18)24-17(27)7-16-19(28)25-22(32-16)26-23-8-13-4-14(9-23)6-15(5-13)10-23/h11,13-16H,3-10H2,1-2H3,(H,24,27)(H,25,26,28). The number of aliphatic imine (C=N–C) groups is 1. The first kappa shape index (κ1) is 21.9. The van der Waals surface area contributed by atoms with Crippen LogP contribution in [0.15, 0.2) is 10.4 Å². The number of ether oxygens (including phenoxy) is 1. The quantitative estimate of drug-likeness (QED) is 0.604. The van der Waals surface area contributed by atoms with Crippen LogP contribution in [-0.4, -0.2) is 40.3 Å². The van der Waals surface area contributed by atoms with Gasteiger partial charge in [0.25, 0.3) is 0 Å². The largest absolute Gasteiger partial charge is 0.462 e. The Kier molecular flexibility index (Phi) is 5.82. The van der Waals surface area contributed by atoms with Crippen molar-refractivity contribution in [1.29, 1.82) is 0 Å². The molecule has 5 aliphatic rings. The van der Waals surface area contributed by atoms with Gasteiger partial charge >= 0.3 is 5.97 Å². The van der Waals surface area contributed by atoms with E-state index in [9.17, 15) is 14.4 Å². The van der Waals surface area contributed by atoms with Gasteiger partial charge in [0.2, 0.25) is 11.8 Å². The van der Waals surface area contributed by atoms with Gasteiger partial charge in [0.15, 0.2) is 5.17 Å². The number of thiophene rings is 1. The fourth-order valence-electron chi connectivity index (χ4n) is 6.35. The third-order valence-corrected chi connectivity index (χ3v) is 9.29. The molecule has 9 heteroatoms. The maximum Gasteiger partial charge on any atom is 0.341 e. The predicted molar refractivity (Wildman–Crippen MR) is 126 cm³/mol. The first-order chi connectivity index (χ1) is 15.3. The molecule has 1 aromatic rings. The Morgan fingerprint density at radius 2 is 1.88 bits per heavy atom. The van der Waals surface area contributed by atoms with E-state index in [1.54, 1.807) is 6.92 Å². The molecule has 5 fully saturated rings. The highest BCUT2D eigenvalue weighted by Gasteiger charge is 2.51. The third-order valence-electron chi connectivity index (χ3n) is 7.20. The molecule has 32 heavy (non-hydrogen) atoms. The molecule has 1 aromatic heterocycles. The number of aryl methyl sites for hydroxylation is 1. The lowest BCUT2D eigenvalue weighted by Gasteiger charge is -2.55. The van der Waals surface area contributed by atoms with Crippen LogP contribution in [0.2, 0.25) is 0 Å². The van der Waals surface area contributed by atoms with E-state index >= 15 is 0 Å². The number of thioether (sulfide) groups is 1. The van der Waals surface area contributed by atoms with E-state index in [1.165, 1.54) is 42.4 Å². The number of nitrogens with one attached hydrogen (secondary N) is 2. The fourth-order valence-corrected chi connectivity index (χ4v) is 8.37. The number of nitrogens with zero attached hydrogens (tertiary/aromatic N) is 1. The van der Waals surface area contributed by atoms with Gasteiger partial charge in [-0.15, -0.1) is 11.3 Å². The maximum atomic E-state index is 12.7. The molecule has 0 aromatic carbocycles.